The minimum Gasteiger partial charge on any atom is -0.439 e. The van der Waals surface area contributed by atoms with Crippen molar-refractivity contribution in [1.29, 1.82) is 0 Å². The third kappa shape index (κ3) is 5.14. The molecule has 0 N–H and O–H groups in total. The van der Waals surface area contributed by atoms with Crippen LogP contribution in [0.2, 0.25) is 0 Å². The molecule has 0 saturated heterocycles. The highest BCUT2D eigenvalue weighted by Gasteiger charge is 2.41. The van der Waals surface area contributed by atoms with Crippen LogP contribution in [-0.4, -0.2) is 17.2 Å². The van der Waals surface area contributed by atoms with E-state index in [-0.39, 0.29) is 0 Å². The molecule has 0 bridgehead atoms. The van der Waals surface area contributed by atoms with Crippen molar-refractivity contribution in [2.45, 2.75) is 0 Å². The third-order valence-corrected chi connectivity index (χ3v) is 17.2. The van der Waals surface area contributed by atoms with Crippen LogP contribution in [0.15, 0.2) is 235 Å². The van der Waals surface area contributed by atoms with Crippen LogP contribution in [0.5, 0.6) is 0 Å². The molecule has 0 amide bonds. The molecule has 0 radical (unpaired) electrons. The van der Waals surface area contributed by atoms with Gasteiger partial charge in [-0.1, -0.05) is 176 Å². The largest absolute Gasteiger partial charge is 0.439 e. The van der Waals surface area contributed by atoms with Crippen molar-refractivity contribution >= 4 is 83.6 Å². The SMILES string of the molecule is c1ccc(-n2c3ccccc3c3c4cc(-c5cccc(-n6c7ccccc7c7cc([Si](c8ccccc8)(c8ccccc8)c8ccccc8)ccc76)c5)ccc4oc32)cc1. The van der Waals surface area contributed by atoms with E-state index in [9.17, 15) is 0 Å². The lowest BCUT2D eigenvalue weighted by atomic mass is 10.0. The lowest BCUT2D eigenvalue weighted by molar-refractivity contribution is 0.645. The molecule has 12 aromatic rings. The van der Waals surface area contributed by atoms with Crippen LogP contribution in [0.3, 0.4) is 0 Å². The first-order chi connectivity index (χ1) is 29.8. The smallest absolute Gasteiger partial charge is 0.213 e. The second-order valence-electron chi connectivity index (χ2n) is 15.7. The lowest BCUT2D eigenvalue weighted by Gasteiger charge is -2.34. The summed E-state index contributed by atoms with van der Waals surface area (Å²) in [5, 5.41) is 11.4. The summed E-state index contributed by atoms with van der Waals surface area (Å²) in [5.41, 5.74) is 9.78. The summed E-state index contributed by atoms with van der Waals surface area (Å²) in [4.78, 5) is 0. The van der Waals surface area contributed by atoms with Gasteiger partial charge in [0, 0.05) is 32.9 Å². The first-order valence-electron chi connectivity index (χ1n) is 20.6. The van der Waals surface area contributed by atoms with E-state index in [2.05, 4.69) is 240 Å². The Kier molecular flexibility index (Phi) is 7.87. The van der Waals surface area contributed by atoms with Gasteiger partial charge in [0.2, 0.25) is 5.71 Å². The van der Waals surface area contributed by atoms with Crippen molar-refractivity contribution < 1.29 is 4.42 Å². The molecule has 4 heteroatoms. The van der Waals surface area contributed by atoms with Gasteiger partial charge < -0.3 is 8.98 Å². The van der Waals surface area contributed by atoms with Crippen molar-refractivity contribution in [3.63, 3.8) is 0 Å². The zero-order valence-corrected chi connectivity index (χ0v) is 33.7. The molecule has 0 atom stereocenters. The van der Waals surface area contributed by atoms with Crippen LogP contribution < -0.4 is 20.7 Å². The highest BCUT2D eigenvalue weighted by atomic mass is 28.3. The number of furan rings is 1. The monoisotopic (exact) mass is 782 g/mol. The van der Waals surface area contributed by atoms with Crippen LogP contribution in [0.25, 0.3) is 77.3 Å². The summed E-state index contributed by atoms with van der Waals surface area (Å²) < 4.78 is 11.4. The van der Waals surface area contributed by atoms with Crippen molar-refractivity contribution in [2.75, 3.05) is 0 Å². The van der Waals surface area contributed by atoms with Gasteiger partial charge in [0.1, 0.15) is 5.58 Å². The van der Waals surface area contributed by atoms with Gasteiger partial charge in [0.15, 0.2) is 8.07 Å². The molecule has 3 nitrogen and oxygen atoms in total. The first kappa shape index (κ1) is 34.4. The Hall–Kier alpha value is -7.66. The topological polar surface area (TPSA) is 23.0 Å². The molecule has 9 aromatic carbocycles. The number of nitrogens with zero attached hydrogens (tertiary/aromatic N) is 2. The van der Waals surface area contributed by atoms with Gasteiger partial charge in [0.05, 0.1) is 21.9 Å². The van der Waals surface area contributed by atoms with Crippen LogP contribution in [0.4, 0.5) is 0 Å². The molecule has 3 aromatic heterocycles. The predicted molar refractivity (Wildman–Crippen MR) is 254 cm³/mol. The summed E-state index contributed by atoms with van der Waals surface area (Å²) >= 11 is 0. The molecular weight excluding hydrogens is 745 g/mol. The molecule has 12 rings (SSSR count). The van der Waals surface area contributed by atoms with Crippen molar-refractivity contribution in [2.24, 2.45) is 0 Å². The van der Waals surface area contributed by atoms with E-state index < -0.39 is 8.07 Å². The van der Waals surface area contributed by atoms with Crippen LogP contribution in [-0.2, 0) is 0 Å². The van der Waals surface area contributed by atoms with E-state index in [1.54, 1.807) is 0 Å². The van der Waals surface area contributed by atoms with Gasteiger partial charge in [-0.2, -0.15) is 0 Å². The molecule has 0 aliphatic rings. The number of para-hydroxylation sites is 3. The van der Waals surface area contributed by atoms with Crippen LogP contribution >= 0.6 is 0 Å². The number of fused-ring (bicyclic) bond motifs is 8. The van der Waals surface area contributed by atoms with Crippen molar-refractivity contribution in [3.05, 3.63) is 231 Å². The molecule has 282 valence electrons. The zero-order valence-electron chi connectivity index (χ0n) is 32.7. The Morgan fingerprint density at radius 1 is 0.317 bits per heavy atom. The van der Waals surface area contributed by atoms with E-state index in [1.165, 1.54) is 47.9 Å². The minimum atomic E-state index is -2.72. The van der Waals surface area contributed by atoms with E-state index >= 15 is 0 Å². The molecule has 60 heavy (non-hydrogen) atoms. The highest BCUT2D eigenvalue weighted by molar-refractivity contribution is 7.20. The molecular formula is C56H38N2OSi. The Morgan fingerprint density at radius 2 is 0.850 bits per heavy atom. The summed E-state index contributed by atoms with van der Waals surface area (Å²) in [6.45, 7) is 0. The second kappa shape index (κ2) is 13.7. The molecule has 0 saturated carbocycles. The number of benzene rings is 9. The Balaban J connectivity index is 1.04. The maximum Gasteiger partial charge on any atom is 0.213 e. The van der Waals surface area contributed by atoms with Gasteiger partial charge in [-0.05, 0) is 86.5 Å². The van der Waals surface area contributed by atoms with Gasteiger partial charge in [-0.15, -0.1) is 0 Å². The second-order valence-corrected chi connectivity index (χ2v) is 19.5. The molecule has 0 fully saturated rings. The summed E-state index contributed by atoms with van der Waals surface area (Å²) in [6, 6.07) is 84.4. The van der Waals surface area contributed by atoms with Gasteiger partial charge >= 0.3 is 0 Å². The average molecular weight is 783 g/mol. The normalized spacial score (nSPS) is 12.0. The van der Waals surface area contributed by atoms with Gasteiger partial charge in [0.25, 0.3) is 0 Å². The standard InChI is InChI=1S/C56H38N2OSi/c1-5-19-41(20-6-1)58-52-31-16-14-29-48(52)55-50-37-40(32-35-54(50)59-56(55)58)39-18-17-21-42(36-39)57-51-30-15-13-28-47(51)49-38-46(33-34-53(49)57)60(43-22-7-2-8-23-43,44-24-9-3-10-25-44)45-26-11-4-12-27-45/h1-38H. The lowest BCUT2D eigenvalue weighted by Crippen LogP contribution is -2.74. The quantitative estimate of drug-likeness (QED) is 0.117. The first-order valence-corrected chi connectivity index (χ1v) is 22.6. The Labute approximate surface area is 348 Å². The molecule has 0 spiro atoms. The Bertz CT molecular complexity index is 3430. The average Bonchev–Trinajstić information content (AvgIpc) is 3.97. The fraction of sp³-hybridized carbons (Fsp3) is 0. The van der Waals surface area contributed by atoms with Crippen LogP contribution in [0, 0.1) is 0 Å². The van der Waals surface area contributed by atoms with Crippen molar-refractivity contribution in [3.8, 4) is 22.5 Å². The molecule has 0 aliphatic carbocycles. The minimum absolute atomic E-state index is 0.867. The molecule has 0 aliphatic heterocycles. The van der Waals surface area contributed by atoms with E-state index in [0.717, 1.165) is 50.1 Å². The molecule has 3 heterocycles. The Morgan fingerprint density at radius 3 is 1.52 bits per heavy atom. The number of hydrogen-bond acceptors (Lipinski definition) is 1. The van der Waals surface area contributed by atoms with Gasteiger partial charge in [-0.25, -0.2) is 0 Å². The number of aromatic nitrogens is 2. The summed E-state index contributed by atoms with van der Waals surface area (Å²) in [7, 11) is -2.72. The highest BCUT2D eigenvalue weighted by Crippen LogP contribution is 2.41. The number of hydrogen-bond donors (Lipinski definition) is 0. The van der Waals surface area contributed by atoms with E-state index in [0.29, 0.717) is 0 Å². The maximum atomic E-state index is 6.67. The fourth-order valence-electron chi connectivity index (χ4n) is 9.88. The zero-order chi connectivity index (χ0) is 39.6. The van der Waals surface area contributed by atoms with E-state index in [1.807, 2.05) is 0 Å². The van der Waals surface area contributed by atoms with E-state index in [4.69, 9.17) is 4.42 Å². The molecule has 0 unspecified atom stereocenters. The van der Waals surface area contributed by atoms with Crippen LogP contribution in [0.1, 0.15) is 0 Å². The third-order valence-electron chi connectivity index (χ3n) is 12.5. The summed E-state index contributed by atoms with van der Waals surface area (Å²) in [5.74, 6) is 0. The van der Waals surface area contributed by atoms with Crippen molar-refractivity contribution in [1.82, 2.24) is 9.13 Å². The predicted octanol–water partition coefficient (Wildman–Crippen LogP) is 11.7. The fourth-order valence-corrected chi connectivity index (χ4v) is 14.6. The van der Waals surface area contributed by atoms with Gasteiger partial charge in [-0.3, -0.25) is 4.57 Å². The summed E-state index contributed by atoms with van der Waals surface area (Å²) in [6.07, 6.45) is 0. The number of rotatable bonds is 7. The maximum absolute atomic E-state index is 6.67.